The molecule has 21 heavy (non-hydrogen) atoms. The number of imidazole rings is 1. The summed E-state index contributed by atoms with van der Waals surface area (Å²) >= 11 is 0. The minimum atomic E-state index is -0.146. The molecule has 0 fully saturated rings. The minimum absolute atomic E-state index is 0.146. The zero-order chi connectivity index (χ0) is 14.7. The molecule has 0 saturated carbocycles. The van der Waals surface area contributed by atoms with Gasteiger partial charge >= 0.3 is 0 Å². The number of anilines is 1. The van der Waals surface area contributed by atoms with Crippen molar-refractivity contribution in [2.75, 3.05) is 5.32 Å². The third-order valence-electron chi connectivity index (χ3n) is 3.16. The third-order valence-corrected chi connectivity index (χ3v) is 3.16. The summed E-state index contributed by atoms with van der Waals surface area (Å²) < 4.78 is 0. The van der Waals surface area contributed by atoms with Crippen LogP contribution in [0, 0.1) is 0 Å². The Morgan fingerprint density at radius 1 is 1.00 bits per heavy atom. The lowest BCUT2D eigenvalue weighted by atomic mass is 9.98. The third kappa shape index (κ3) is 2.84. The highest BCUT2D eigenvalue weighted by Gasteiger charge is 2.10. The van der Waals surface area contributed by atoms with Gasteiger partial charge < -0.3 is 4.98 Å². The van der Waals surface area contributed by atoms with Gasteiger partial charge in [-0.3, -0.25) is 10.1 Å². The second-order valence-corrected chi connectivity index (χ2v) is 4.73. The van der Waals surface area contributed by atoms with E-state index in [1.807, 2.05) is 36.4 Å². The van der Waals surface area contributed by atoms with Gasteiger partial charge in [0, 0.05) is 18.7 Å². The van der Waals surface area contributed by atoms with Gasteiger partial charge in [0.15, 0.2) is 0 Å². The predicted molar refractivity (Wildman–Crippen MR) is 83.8 cm³/mol. The van der Waals surface area contributed by atoms with E-state index in [9.17, 15) is 4.79 Å². The van der Waals surface area contributed by atoms with Gasteiger partial charge in [-0.1, -0.05) is 54.6 Å². The molecule has 1 aromatic heterocycles. The SMILES string of the molecule is CC(=O)Nc1nc(-c2ccccc2-c2ccccc2)c[nH]1. The molecular weight excluding hydrogens is 262 g/mol. The molecule has 0 bridgehead atoms. The van der Waals surface area contributed by atoms with Crippen LogP contribution in [0.25, 0.3) is 22.4 Å². The molecule has 4 nitrogen and oxygen atoms in total. The number of benzene rings is 2. The maximum absolute atomic E-state index is 11.1. The fourth-order valence-electron chi connectivity index (χ4n) is 2.27. The van der Waals surface area contributed by atoms with Gasteiger partial charge in [-0.25, -0.2) is 4.98 Å². The first-order valence-corrected chi connectivity index (χ1v) is 6.72. The monoisotopic (exact) mass is 277 g/mol. The lowest BCUT2D eigenvalue weighted by Crippen LogP contribution is -2.06. The minimum Gasteiger partial charge on any atom is -0.330 e. The van der Waals surface area contributed by atoms with Crippen LogP contribution in [0.2, 0.25) is 0 Å². The van der Waals surface area contributed by atoms with Crippen LogP contribution in [0.15, 0.2) is 60.8 Å². The van der Waals surface area contributed by atoms with E-state index in [1.54, 1.807) is 6.20 Å². The molecule has 0 aliphatic rings. The second kappa shape index (κ2) is 5.63. The maximum atomic E-state index is 11.1. The molecule has 3 rings (SSSR count). The highest BCUT2D eigenvalue weighted by Crippen LogP contribution is 2.31. The van der Waals surface area contributed by atoms with Crippen molar-refractivity contribution in [3.63, 3.8) is 0 Å². The largest absolute Gasteiger partial charge is 0.330 e. The van der Waals surface area contributed by atoms with Gasteiger partial charge in [0.05, 0.1) is 5.69 Å². The number of amides is 1. The maximum Gasteiger partial charge on any atom is 0.223 e. The number of H-pyrrole nitrogens is 1. The van der Waals surface area contributed by atoms with Crippen LogP contribution in [0.4, 0.5) is 5.95 Å². The Hall–Kier alpha value is -2.88. The van der Waals surface area contributed by atoms with Crippen molar-refractivity contribution >= 4 is 11.9 Å². The summed E-state index contributed by atoms with van der Waals surface area (Å²) in [5.41, 5.74) is 4.07. The molecule has 0 saturated heterocycles. The Kier molecular flexibility index (Phi) is 3.51. The van der Waals surface area contributed by atoms with E-state index in [0.717, 1.165) is 22.4 Å². The van der Waals surface area contributed by atoms with E-state index in [4.69, 9.17) is 0 Å². The van der Waals surface area contributed by atoms with E-state index in [0.29, 0.717) is 5.95 Å². The predicted octanol–water partition coefficient (Wildman–Crippen LogP) is 3.70. The molecule has 0 unspecified atom stereocenters. The van der Waals surface area contributed by atoms with Gasteiger partial charge in [0.25, 0.3) is 0 Å². The van der Waals surface area contributed by atoms with Gasteiger partial charge in [-0.05, 0) is 11.1 Å². The molecule has 0 radical (unpaired) electrons. The van der Waals surface area contributed by atoms with Crippen LogP contribution in [0.1, 0.15) is 6.92 Å². The highest BCUT2D eigenvalue weighted by atomic mass is 16.1. The Bertz CT molecular complexity index is 762. The van der Waals surface area contributed by atoms with E-state index >= 15 is 0 Å². The van der Waals surface area contributed by atoms with Crippen molar-refractivity contribution in [3.8, 4) is 22.4 Å². The lowest BCUT2D eigenvalue weighted by Gasteiger charge is -2.07. The molecule has 2 N–H and O–H groups in total. The molecular formula is C17H15N3O. The van der Waals surface area contributed by atoms with Crippen molar-refractivity contribution in [2.45, 2.75) is 6.92 Å². The molecule has 1 heterocycles. The van der Waals surface area contributed by atoms with Crippen molar-refractivity contribution in [3.05, 3.63) is 60.8 Å². The molecule has 1 amide bonds. The van der Waals surface area contributed by atoms with E-state index < -0.39 is 0 Å². The molecule has 0 aliphatic carbocycles. The number of carbonyl (C=O) groups excluding carboxylic acids is 1. The lowest BCUT2D eigenvalue weighted by molar-refractivity contribution is -0.114. The van der Waals surface area contributed by atoms with Gasteiger partial charge in [0.1, 0.15) is 0 Å². The normalized spacial score (nSPS) is 10.3. The van der Waals surface area contributed by atoms with Crippen LogP contribution in [-0.4, -0.2) is 15.9 Å². The van der Waals surface area contributed by atoms with Crippen LogP contribution in [0.5, 0.6) is 0 Å². The number of nitrogens with one attached hydrogen (secondary N) is 2. The van der Waals surface area contributed by atoms with Crippen LogP contribution >= 0.6 is 0 Å². The number of aromatic amines is 1. The smallest absolute Gasteiger partial charge is 0.223 e. The second-order valence-electron chi connectivity index (χ2n) is 4.73. The molecule has 3 aromatic rings. The summed E-state index contributed by atoms with van der Waals surface area (Å²) in [6, 6.07) is 18.2. The van der Waals surface area contributed by atoms with Crippen LogP contribution in [0.3, 0.4) is 0 Å². The number of hydrogen-bond acceptors (Lipinski definition) is 2. The summed E-state index contributed by atoms with van der Waals surface area (Å²) in [5.74, 6) is 0.313. The molecule has 2 aromatic carbocycles. The fourth-order valence-corrected chi connectivity index (χ4v) is 2.27. The molecule has 0 atom stereocenters. The van der Waals surface area contributed by atoms with Crippen molar-refractivity contribution < 1.29 is 4.79 Å². The van der Waals surface area contributed by atoms with Gasteiger partial charge in [0.2, 0.25) is 11.9 Å². The standard InChI is InChI=1S/C17H15N3O/c1-12(21)19-17-18-11-16(20-17)15-10-6-5-9-14(15)13-7-3-2-4-8-13/h2-11H,1H3,(H2,18,19,20,21). The summed E-state index contributed by atoms with van der Waals surface area (Å²) in [6.45, 7) is 1.46. The summed E-state index contributed by atoms with van der Waals surface area (Å²) in [4.78, 5) is 18.5. The zero-order valence-corrected chi connectivity index (χ0v) is 11.6. The molecule has 104 valence electrons. The Labute approximate surface area is 122 Å². The Morgan fingerprint density at radius 3 is 2.38 bits per heavy atom. The van der Waals surface area contributed by atoms with E-state index in [1.165, 1.54) is 6.92 Å². The Balaban J connectivity index is 2.03. The average molecular weight is 277 g/mol. The van der Waals surface area contributed by atoms with Crippen LogP contribution in [-0.2, 0) is 4.79 Å². The number of hydrogen-bond donors (Lipinski definition) is 2. The molecule has 0 spiro atoms. The van der Waals surface area contributed by atoms with Gasteiger partial charge in [-0.2, -0.15) is 0 Å². The topological polar surface area (TPSA) is 57.8 Å². The van der Waals surface area contributed by atoms with Crippen molar-refractivity contribution in [2.24, 2.45) is 0 Å². The quantitative estimate of drug-likeness (QED) is 0.767. The van der Waals surface area contributed by atoms with E-state index in [2.05, 4.69) is 33.5 Å². The number of nitrogens with zero attached hydrogens (tertiary/aromatic N) is 1. The van der Waals surface area contributed by atoms with Crippen LogP contribution < -0.4 is 5.32 Å². The first-order valence-electron chi connectivity index (χ1n) is 6.72. The van der Waals surface area contributed by atoms with Crippen molar-refractivity contribution in [1.82, 2.24) is 9.97 Å². The number of aromatic nitrogens is 2. The zero-order valence-electron chi connectivity index (χ0n) is 11.6. The first-order chi connectivity index (χ1) is 10.2. The summed E-state index contributed by atoms with van der Waals surface area (Å²) in [5, 5.41) is 2.65. The molecule has 4 heteroatoms. The van der Waals surface area contributed by atoms with Crippen molar-refractivity contribution in [1.29, 1.82) is 0 Å². The average Bonchev–Trinajstić information content (AvgIpc) is 2.96. The summed E-state index contributed by atoms with van der Waals surface area (Å²) in [7, 11) is 0. The molecule has 0 aliphatic heterocycles. The number of carbonyl (C=O) groups is 1. The highest BCUT2D eigenvalue weighted by molar-refractivity contribution is 5.88. The van der Waals surface area contributed by atoms with Gasteiger partial charge in [-0.15, -0.1) is 0 Å². The van der Waals surface area contributed by atoms with E-state index in [-0.39, 0.29) is 5.91 Å². The Morgan fingerprint density at radius 2 is 1.67 bits per heavy atom. The first kappa shape index (κ1) is 13.1. The summed E-state index contributed by atoms with van der Waals surface area (Å²) in [6.07, 6.45) is 1.80. The fraction of sp³-hybridized carbons (Fsp3) is 0.0588. The number of rotatable bonds is 3.